The van der Waals surface area contributed by atoms with Gasteiger partial charge in [-0.3, -0.25) is 14.9 Å². The van der Waals surface area contributed by atoms with Gasteiger partial charge < -0.3 is 19.7 Å². The van der Waals surface area contributed by atoms with Crippen molar-refractivity contribution in [3.05, 3.63) is 63.7 Å². The van der Waals surface area contributed by atoms with E-state index in [2.05, 4.69) is 5.32 Å². The van der Waals surface area contributed by atoms with Crippen molar-refractivity contribution in [2.24, 2.45) is 0 Å². The lowest BCUT2D eigenvalue weighted by Crippen LogP contribution is -2.40. The van der Waals surface area contributed by atoms with Crippen molar-refractivity contribution in [3.63, 3.8) is 0 Å². The highest BCUT2D eigenvalue weighted by molar-refractivity contribution is 5.95. The van der Waals surface area contributed by atoms with Gasteiger partial charge in [-0.25, -0.2) is 0 Å². The van der Waals surface area contributed by atoms with Gasteiger partial charge in [-0.1, -0.05) is 18.2 Å². The predicted molar refractivity (Wildman–Crippen MR) is 100 cm³/mol. The topological polar surface area (TPSA) is 93.9 Å². The SMILES string of the molecule is COc1ccccc1CNc1ccc(C(=O)N2CCOCC2)cc1[N+](=O)[O-]. The quantitative estimate of drug-likeness (QED) is 0.620. The van der Waals surface area contributed by atoms with Crippen LogP contribution in [0.15, 0.2) is 42.5 Å². The van der Waals surface area contributed by atoms with Gasteiger partial charge >= 0.3 is 0 Å². The largest absolute Gasteiger partial charge is 0.496 e. The average molecular weight is 371 g/mol. The monoisotopic (exact) mass is 371 g/mol. The summed E-state index contributed by atoms with van der Waals surface area (Å²) >= 11 is 0. The lowest BCUT2D eigenvalue weighted by Gasteiger charge is -2.26. The summed E-state index contributed by atoms with van der Waals surface area (Å²) in [5, 5.41) is 14.6. The summed E-state index contributed by atoms with van der Waals surface area (Å²) in [6, 6.07) is 11.9. The predicted octanol–water partition coefficient (Wildman–Crippen LogP) is 2.69. The Morgan fingerprint density at radius 3 is 2.70 bits per heavy atom. The molecule has 27 heavy (non-hydrogen) atoms. The van der Waals surface area contributed by atoms with E-state index in [-0.39, 0.29) is 11.6 Å². The zero-order valence-electron chi connectivity index (χ0n) is 15.0. The van der Waals surface area contributed by atoms with E-state index in [9.17, 15) is 14.9 Å². The molecular weight excluding hydrogens is 350 g/mol. The van der Waals surface area contributed by atoms with Crippen LogP contribution < -0.4 is 10.1 Å². The summed E-state index contributed by atoms with van der Waals surface area (Å²) < 4.78 is 10.5. The molecule has 0 unspecified atom stereocenters. The molecule has 1 fully saturated rings. The summed E-state index contributed by atoms with van der Waals surface area (Å²) in [5.41, 5.74) is 1.39. The third-order valence-electron chi connectivity index (χ3n) is 4.40. The zero-order chi connectivity index (χ0) is 19.2. The number of amides is 1. The van der Waals surface area contributed by atoms with Crippen LogP contribution in [0.5, 0.6) is 5.75 Å². The number of hydrogen-bond donors (Lipinski definition) is 1. The number of rotatable bonds is 6. The fraction of sp³-hybridized carbons (Fsp3) is 0.316. The molecule has 142 valence electrons. The van der Waals surface area contributed by atoms with Crippen molar-refractivity contribution in [1.82, 2.24) is 4.90 Å². The van der Waals surface area contributed by atoms with Gasteiger partial charge in [-0.05, 0) is 18.2 Å². The molecule has 0 radical (unpaired) electrons. The maximum absolute atomic E-state index is 12.6. The molecule has 0 bridgehead atoms. The molecule has 1 heterocycles. The van der Waals surface area contributed by atoms with E-state index in [0.29, 0.717) is 49.8 Å². The van der Waals surface area contributed by atoms with E-state index in [4.69, 9.17) is 9.47 Å². The van der Waals surface area contributed by atoms with Crippen LogP contribution in [0, 0.1) is 10.1 Å². The van der Waals surface area contributed by atoms with Crippen LogP contribution in [-0.2, 0) is 11.3 Å². The van der Waals surface area contributed by atoms with Gasteiger partial charge in [-0.2, -0.15) is 0 Å². The number of carbonyl (C=O) groups is 1. The summed E-state index contributed by atoms with van der Waals surface area (Å²) in [6.07, 6.45) is 0. The van der Waals surface area contributed by atoms with Gasteiger partial charge in [0.1, 0.15) is 11.4 Å². The van der Waals surface area contributed by atoms with Gasteiger partial charge in [0.15, 0.2) is 0 Å². The smallest absolute Gasteiger partial charge is 0.293 e. The second kappa shape index (κ2) is 8.50. The van der Waals surface area contributed by atoms with Crippen molar-refractivity contribution in [1.29, 1.82) is 0 Å². The van der Waals surface area contributed by atoms with E-state index in [1.807, 2.05) is 24.3 Å². The fourth-order valence-electron chi connectivity index (χ4n) is 2.95. The summed E-state index contributed by atoms with van der Waals surface area (Å²) in [5.74, 6) is 0.476. The molecule has 0 saturated carbocycles. The molecule has 1 aliphatic heterocycles. The number of para-hydroxylation sites is 1. The highest BCUT2D eigenvalue weighted by Gasteiger charge is 2.22. The van der Waals surface area contributed by atoms with Crippen LogP contribution in [0.1, 0.15) is 15.9 Å². The lowest BCUT2D eigenvalue weighted by molar-refractivity contribution is -0.384. The molecular formula is C19H21N3O5. The second-order valence-corrected chi connectivity index (χ2v) is 6.06. The van der Waals surface area contributed by atoms with Crippen molar-refractivity contribution >= 4 is 17.3 Å². The number of nitro benzene ring substituents is 1. The molecule has 2 aromatic carbocycles. The van der Waals surface area contributed by atoms with Gasteiger partial charge in [0.2, 0.25) is 0 Å². The first-order valence-electron chi connectivity index (χ1n) is 8.61. The Bertz CT molecular complexity index is 834. The lowest BCUT2D eigenvalue weighted by atomic mass is 10.1. The molecule has 0 spiro atoms. The second-order valence-electron chi connectivity index (χ2n) is 6.06. The molecule has 0 atom stereocenters. The number of nitrogens with one attached hydrogen (secondary N) is 1. The summed E-state index contributed by atoms with van der Waals surface area (Å²) in [4.78, 5) is 25.2. The van der Waals surface area contributed by atoms with E-state index in [0.717, 1.165) is 5.56 Å². The Morgan fingerprint density at radius 2 is 2.00 bits per heavy atom. The number of carbonyl (C=O) groups excluding carboxylic acids is 1. The molecule has 0 aliphatic carbocycles. The average Bonchev–Trinajstić information content (AvgIpc) is 2.72. The number of nitrogens with zero attached hydrogens (tertiary/aromatic N) is 2. The third-order valence-corrected chi connectivity index (χ3v) is 4.40. The molecule has 1 amide bonds. The summed E-state index contributed by atoms with van der Waals surface area (Å²) in [6.45, 7) is 2.29. The van der Waals surface area contributed by atoms with Crippen molar-refractivity contribution in [2.45, 2.75) is 6.54 Å². The maximum Gasteiger partial charge on any atom is 0.293 e. The van der Waals surface area contributed by atoms with Crippen molar-refractivity contribution in [3.8, 4) is 5.75 Å². The highest BCUT2D eigenvalue weighted by atomic mass is 16.6. The Kier molecular flexibility index (Phi) is 5.87. The minimum Gasteiger partial charge on any atom is -0.496 e. The Morgan fingerprint density at radius 1 is 1.26 bits per heavy atom. The zero-order valence-corrected chi connectivity index (χ0v) is 15.0. The van der Waals surface area contributed by atoms with Crippen LogP contribution >= 0.6 is 0 Å². The van der Waals surface area contributed by atoms with Gasteiger partial charge in [0.05, 0.1) is 25.2 Å². The standard InChI is InChI=1S/C19H21N3O5/c1-26-18-5-3-2-4-15(18)13-20-16-7-6-14(12-17(16)22(24)25)19(23)21-8-10-27-11-9-21/h2-7,12,20H,8-11,13H2,1H3. The molecule has 1 N–H and O–H groups in total. The molecule has 1 aliphatic rings. The van der Waals surface area contributed by atoms with Crippen LogP contribution in [0.3, 0.4) is 0 Å². The minimum atomic E-state index is -0.485. The molecule has 3 rings (SSSR count). The third kappa shape index (κ3) is 4.35. The van der Waals surface area contributed by atoms with Crippen molar-refractivity contribution < 1.29 is 19.2 Å². The number of nitro groups is 1. The van der Waals surface area contributed by atoms with Crippen LogP contribution in [0.4, 0.5) is 11.4 Å². The number of ether oxygens (including phenoxy) is 2. The van der Waals surface area contributed by atoms with E-state index in [1.54, 1.807) is 24.1 Å². The van der Waals surface area contributed by atoms with Crippen LogP contribution in [0.25, 0.3) is 0 Å². The van der Waals surface area contributed by atoms with E-state index < -0.39 is 4.92 Å². The van der Waals surface area contributed by atoms with Gasteiger partial charge in [-0.15, -0.1) is 0 Å². The normalized spacial score (nSPS) is 13.9. The number of benzene rings is 2. The van der Waals surface area contributed by atoms with Gasteiger partial charge in [0.25, 0.3) is 11.6 Å². The Hall–Kier alpha value is -3.13. The maximum atomic E-state index is 12.6. The first kappa shape index (κ1) is 18.7. The first-order chi connectivity index (χ1) is 13.1. The van der Waals surface area contributed by atoms with Crippen LogP contribution in [-0.4, -0.2) is 49.1 Å². The highest BCUT2D eigenvalue weighted by Crippen LogP contribution is 2.28. The van der Waals surface area contributed by atoms with Crippen LogP contribution in [0.2, 0.25) is 0 Å². The number of hydrogen-bond acceptors (Lipinski definition) is 6. The molecule has 1 saturated heterocycles. The Labute approximate surface area is 156 Å². The number of morpholine rings is 1. The first-order valence-corrected chi connectivity index (χ1v) is 8.61. The fourth-order valence-corrected chi connectivity index (χ4v) is 2.95. The van der Waals surface area contributed by atoms with E-state index in [1.165, 1.54) is 6.07 Å². The number of methoxy groups -OCH3 is 1. The molecule has 8 nitrogen and oxygen atoms in total. The minimum absolute atomic E-state index is 0.135. The van der Waals surface area contributed by atoms with Gasteiger partial charge in [0, 0.05) is 36.8 Å². The molecule has 2 aromatic rings. The molecule has 8 heteroatoms. The van der Waals surface area contributed by atoms with E-state index >= 15 is 0 Å². The summed E-state index contributed by atoms with van der Waals surface area (Å²) in [7, 11) is 1.58. The van der Waals surface area contributed by atoms with Crippen molar-refractivity contribution in [2.75, 3.05) is 38.7 Å². The Balaban J connectivity index is 1.79. The number of anilines is 1. The molecule has 0 aromatic heterocycles.